The fraction of sp³-hybridized carbons (Fsp3) is 0.318. The van der Waals surface area contributed by atoms with Crippen LogP contribution < -0.4 is 16.0 Å². The topological polar surface area (TPSA) is 108 Å². The summed E-state index contributed by atoms with van der Waals surface area (Å²) >= 11 is 0. The molecular weight excluding hydrogens is 370 g/mol. The van der Waals surface area contributed by atoms with E-state index in [0.29, 0.717) is 23.5 Å². The zero-order chi connectivity index (χ0) is 21.6. The molecule has 7 nitrogen and oxygen atoms in total. The lowest BCUT2D eigenvalue weighted by molar-refractivity contribution is -0.137. The minimum atomic E-state index is -0.866. The number of benzene rings is 2. The van der Waals surface area contributed by atoms with Crippen LogP contribution in [0.1, 0.15) is 38.3 Å². The van der Waals surface area contributed by atoms with E-state index in [0.717, 1.165) is 11.1 Å². The molecule has 29 heavy (non-hydrogen) atoms. The van der Waals surface area contributed by atoms with E-state index in [2.05, 4.69) is 16.0 Å². The van der Waals surface area contributed by atoms with Crippen molar-refractivity contribution in [3.05, 3.63) is 53.6 Å². The summed E-state index contributed by atoms with van der Waals surface area (Å²) in [5.74, 6) is -0.977. The highest BCUT2D eigenvalue weighted by Crippen LogP contribution is 2.24. The van der Waals surface area contributed by atoms with Crippen LogP contribution in [0.2, 0.25) is 0 Å². The smallest absolute Gasteiger partial charge is 0.323 e. The molecule has 0 bridgehead atoms. The molecule has 0 spiro atoms. The first-order chi connectivity index (χ1) is 13.5. The van der Waals surface area contributed by atoms with Gasteiger partial charge >= 0.3 is 12.0 Å². The molecule has 0 unspecified atom stereocenters. The number of aryl methyl sites for hydroxylation is 2. The number of rotatable bonds is 6. The number of carboxylic acid groups (broad SMARTS) is 1. The van der Waals surface area contributed by atoms with E-state index in [1.54, 1.807) is 30.3 Å². The van der Waals surface area contributed by atoms with Crippen LogP contribution in [0.25, 0.3) is 0 Å². The van der Waals surface area contributed by atoms with Crippen LogP contribution in [0.15, 0.2) is 42.5 Å². The summed E-state index contributed by atoms with van der Waals surface area (Å²) < 4.78 is 0. The van der Waals surface area contributed by atoms with Gasteiger partial charge in [-0.1, -0.05) is 39.0 Å². The first-order valence-corrected chi connectivity index (χ1v) is 9.35. The van der Waals surface area contributed by atoms with Gasteiger partial charge in [0.2, 0.25) is 5.91 Å². The fourth-order valence-electron chi connectivity index (χ4n) is 2.49. The average molecular weight is 397 g/mol. The van der Waals surface area contributed by atoms with Gasteiger partial charge in [-0.2, -0.15) is 0 Å². The second-order valence-corrected chi connectivity index (χ2v) is 7.91. The molecule has 0 atom stereocenters. The summed E-state index contributed by atoms with van der Waals surface area (Å²) in [5, 5.41) is 17.2. The van der Waals surface area contributed by atoms with Crippen LogP contribution in [0.4, 0.5) is 21.9 Å². The van der Waals surface area contributed by atoms with Gasteiger partial charge in [-0.25, -0.2) is 4.79 Å². The normalized spacial score (nSPS) is 10.9. The molecule has 0 saturated heterocycles. The molecular formula is C22H27N3O4. The largest absolute Gasteiger partial charge is 0.481 e. The molecule has 0 heterocycles. The number of aliphatic carboxylic acids is 1. The molecule has 0 aliphatic rings. The minimum Gasteiger partial charge on any atom is -0.481 e. The van der Waals surface area contributed by atoms with Gasteiger partial charge in [-0.15, -0.1) is 0 Å². The average Bonchev–Trinajstić information content (AvgIpc) is 2.62. The van der Waals surface area contributed by atoms with E-state index in [1.807, 2.05) is 39.8 Å². The number of hydrogen-bond acceptors (Lipinski definition) is 3. The predicted molar refractivity (Wildman–Crippen MR) is 114 cm³/mol. The van der Waals surface area contributed by atoms with E-state index in [-0.39, 0.29) is 12.3 Å². The van der Waals surface area contributed by atoms with Crippen molar-refractivity contribution in [1.82, 2.24) is 0 Å². The number of hydrogen-bond donors (Lipinski definition) is 4. The maximum atomic E-state index is 12.3. The van der Waals surface area contributed by atoms with Crippen molar-refractivity contribution in [2.45, 2.75) is 40.5 Å². The summed E-state index contributed by atoms with van der Waals surface area (Å²) in [7, 11) is 0. The first-order valence-electron chi connectivity index (χ1n) is 9.35. The fourth-order valence-corrected chi connectivity index (χ4v) is 2.49. The number of anilines is 3. The standard InChI is InChI=1S/C22H27N3O4/c1-14-8-10-17(13-18(14)25-20(28)22(2,3)4)24-21(29)23-16-7-5-6-15(12-16)9-11-19(26)27/h5-8,10,12-13H,9,11H2,1-4H3,(H,25,28)(H,26,27)(H2,23,24,29). The molecule has 0 saturated carbocycles. The number of carbonyl (C=O) groups excluding carboxylic acids is 2. The quantitative estimate of drug-likeness (QED) is 0.569. The Balaban J connectivity index is 2.04. The predicted octanol–water partition coefficient (Wildman–Crippen LogP) is 4.64. The molecule has 2 aromatic carbocycles. The van der Waals surface area contributed by atoms with E-state index in [4.69, 9.17) is 5.11 Å². The van der Waals surface area contributed by atoms with Crippen LogP contribution in [-0.2, 0) is 16.0 Å². The lowest BCUT2D eigenvalue weighted by atomic mass is 9.95. The molecule has 154 valence electrons. The zero-order valence-electron chi connectivity index (χ0n) is 17.1. The highest BCUT2D eigenvalue weighted by Gasteiger charge is 2.21. The summed E-state index contributed by atoms with van der Waals surface area (Å²) in [5.41, 5.74) is 2.93. The maximum Gasteiger partial charge on any atom is 0.323 e. The van der Waals surface area contributed by atoms with Crippen molar-refractivity contribution >= 4 is 35.0 Å². The van der Waals surface area contributed by atoms with Gasteiger partial charge < -0.3 is 21.1 Å². The Labute approximate surface area is 170 Å². The molecule has 0 aliphatic heterocycles. The molecule has 2 aromatic rings. The van der Waals surface area contributed by atoms with Crippen LogP contribution in [-0.4, -0.2) is 23.0 Å². The molecule has 3 amide bonds. The summed E-state index contributed by atoms with van der Waals surface area (Å²) in [6.07, 6.45) is 0.420. The highest BCUT2D eigenvalue weighted by atomic mass is 16.4. The molecule has 0 aromatic heterocycles. The summed E-state index contributed by atoms with van der Waals surface area (Å²) in [6.45, 7) is 7.37. The van der Waals surface area contributed by atoms with E-state index in [1.165, 1.54) is 0 Å². The zero-order valence-corrected chi connectivity index (χ0v) is 17.1. The number of urea groups is 1. The van der Waals surface area contributed by atoms with Gasteiger partial charge in [0.1, 0.15) is 0 Å². The maximum absolute atomic E-state index is 12.3. The summed E-state index contributed by atoms with van der Waals surface area (Å²) in [4.78, 5) is 35.3. The van der Waals surface area contributed by atoms with Crippen LogP contribution in [0.3, 0.4) is 0 Å². The van der Waals surface area contributed by atoms with Crippen molar-refractivity contribution in [2.24, 2.45) is 5.41 Å². The van der Waals surface area contributed by atoms with Crippen LogP contribution >= 0.6 is 0 Å². The first kappa shape index (κ1) is 21.9. The molecule has 2 rings (SSSR count). The van der Waals surface area contributed by atoms with Crippen molar-refractivity contribution in [2.75, 3.05) is 16.0 Å². The number of amides is 3. The monoisotopic (exact) mass is 397 g/mol. The SMILES string of the molecule is Cc1ccc(NC(=O)Nc2cccc(CCC(=O)O)c2)cc1NC(=O)C(C)(C)C. The van der Waals surface area contributed by atoms with Gasteiger partial charge in [0.15, 0.2) is 0 Å². The summed E-state index contributed by atoms with van der Waals surface area (Å²) in [6, 6.07) is 11.9. The van der Waals surface area contributed by atoms with Crippen LogP contribution in [0, 0.1) is 12.3 Å². The number of carbonyl (C=O) groups is 3. The Hall–Kier alpha value is -3.35. The van der Waals surface area contributed by atoms with Gasteiger partial charge in [-0.05, 0) is 48.7 Å². The molecule has 0 radical (unpaired) electrons. The molecule has 0 fully saturated rings. The third-order valence-electron chi connectivity index (χ3n) is 4.24. The Bertz CT molecular complexity index is 917. The van der Waals surface area contributed by atoms with Gasteiger partial charge in [0, 0.05) is 28.9 Å². The van der Waals surface area contributed by atoms with Crippen molar-refractivity contribution < 1.29 is 19.5 Å². The Morgan fingerprint density at radius 3 is 2.21 bits per heavy atom. The van der Waals surface area contributed by atoms with E-state index in [9.17, 15) is 14.4 Å². The number of carboxylic acids is 1. The van der Waals surface area contributed by atoms with Gasteiger partial charge in [0.05, 0.1) is 0 Å². The Kier molecular flexibility index (Phi) is 6.98. The third-order valence-corrected chi connectivity index (χ3v) is 4.24. The van der Waals surface area contributed by atoms with E-state index >= 15 is 0 Å². The third kappa shape index (κ3) is 6.95. The van der Waals surface area contributed by atoms with Crippen LogP contribution in [0.5, 0.6) is 0 Å². The lowest BCUT2D eigenvalue weighted by Crippen LogP contribution is -2.28. The molecule has 7 heteroatoms. The Morgan fingerprint density at radius 1 is 0.931 bits per heavy atom. The second-order valence-electron chi connectivity index (χ2n) is 7.91. The van der Waals surface area contributed by atoms with Gasteiger partial charge in [-0.3, -0.25) is 9.59 Å². The van der Waals surface area contributed by atoms with E-state index < -0.39 is 17.4 Å². The lowest BCUT2D eigenvalue weighted by Gasteiger charge is -2.19. The molecule has 0 aliphatic carbocycles. The number of nitrogens with one attached hydrogen (secondary N) is 3. The second kappa shape index (κ2) is 9.23. The highest BCUT2D eigenvalue weighted by molar-refractivity contribution is 6.01. The van der Waals surface area contributed by atoms with Gasteiger partial charge in [0.25, 0.3) is 0 Å². The molecule has 4 N–H and O–H groups in total. The Morgan fingerprint density at radius 2 is 1.59 bits per heavy atom. The van der Waals surface area contributed by atoms with Crippen molar-refractivity contribution in [3.63, 3.8) is 0 Å². The van der Waals surface area contributed by atoms with Crippen molar-refractivity contribution in [1.29, 1.82) is 0 Å². The van der Waals surface area contributed by atoms with Crippen molar-refractivity contribution in [3.8, 4) is 0 Å². The minimum absolute atomic E-state index is 0.0298.